The van der Waals surface area contributed by atoms with Crippen molar-refractivity contribution in [3.05, 3.63) is 59.5 Å². The summed E-state index contributed by atoms with van der Waals surface area (Å²) in [5.41, 5.74) is 2.31. The zero-order valence-electron chi connectivity index (χ0n) is 17.0. The van der Waals surface area contributed by atoms with Gasteiger partial charge in [-0.15, -0.1) is 24.0 Å². The quantitative estimate of drug-likeness (QED) is 0.221. The fourth-order valence-electron chi connectivity index (χ4n) is 3.11. The summed E-state index contributed by atoms with van der Waals surface area (Å²) in [6.07, 6.45) is 2.54. The van der Waals surface area contributed by atoms with Crippen molar-refractivity contribution in [3.8, 4) is 11.5 Å². The van der Waals surface area contributed by atoms with E-state index in [9.17, 15) is 13.2 Å². The first-order valence-electron chi connectivity index (χ1n) is 9.32. The summed E-state index contributed by atoms with van der Waals surface area (Å²) in [6, 6.07) is 9.26. The molecule has 0 unspecified atom stereocenters. The molecule has 0 atom stereocenters. The summed E-state index contributed by atoms with van der Waals surface area (Å²) in [4.78, 5) is 7.21. The van der Waals surface area contributed by atoms with Gasteiger partial charge in [-0.2, -0.15) is 8.78 Å². The van der Waals surface area contributed by atoms with Gasteiger partial charge in [0, 0.05) is 42.8 Å². The Labute approximate surface area is 195 Å². The van der Waals surface area contributed by atoms with Crippen molar-refractivity contribution in [1.82, 2.24) is 15.6 Å². The number of aromatic nitrogens is 1. The molecule has 31 heavy (non-hydrogen) atoms. The van der Waals surface area contributed by atoms with Gasteiger partial charge in [-0.05, 0) is 48.4 Å². The van der Waals surface area contributed by atoms with Gasteiger partial charge in [0.2, 0.25) is 0 Å². The van der Waals surface area contributed by atoms with Gasteiger partial charge in [0.15, 0.2) is 5.96 Å². The molecule has 6 nitrogen and oxygen atoms in total. The number of halogens is 4. The SMILES string of the molecule is CN=C(NCCc1c[nH]c2cc(F)ccc12)NCc1cc(OC)ccc1OC(F)F.I. The number of rotatable bonds is 8. The lowest BCUT2D eigenvalue weighted by Gasteiger charge is -2.15. The number of ether oxygens (including phenoxy) is 2. The molecule has 0 spiro atoms. The van der Waals surface area contributed by atoms with E-state index in [0.717, 1.165) is 16.5 Å². The van der Waals surface area contributed by atoms with Crippen LogP contribution in [0.1, 0.15) is 11.1 Å². The van der Waals surface area contributed by atoms with Crippen molar-refractivity contribution in [3.63, 3.8) is 0 Å². The minimum atomic E-state index is -2.92. The molecule has 168 valence electrons. The summed E-state index contributed by atoms with van der Waals surface area (Å²) in [7, 11) is 3.12. The third kappa shape index (κ3) is 6.68. The van der Waals surface area contributed by atoms with Crippen LogP contribution in [0.25, 0.3) is 10.9 Å². The molecule has 3 rings (SSSR count). The average molecular weight is 548 g/mol. The second kappa shape index (κ2) is 11.7. The second-order valence-electron chi connectivity index (χ2n) is 6.46. The molecule has 0 bridgehead atoms. The number of hydrogen-bond acceptors (Lipinski definition) is 3. The Balaban J connectivity index is 0.00000341. The van der Waals surface area contributed by atoms with Crippen molar-refractivity contribution >= 4 is 40.8 Å². The first-order chi connectivity index (χ1) is 14.5. The van der Waals surface area contributed by atoms with E-state index in [1.165, 1.54) is 25.3 Å². The first kappa shape index (κ1) is 24.6. The number of aromatic amines is 1. The van der Waals surface area contributed by atoms with Crippen molar-refractivity contribution < 1.29 is 22.6 Å². The maximum Gasteiger partial charge on any atom is 0.387 e. The standard InChI is InChI=1S/C21H23F3N4O2.HI/c1-25-21(26-8-7-13-11-27-18-10-15(22)3-5-17(13)18)28-12-14-9-16(29-2)4-6-19(14)30-20(23)24;/h3-6,9-11,20,27H,7-8,12H2,1-2H3,(H2,25,26,28);1H. The van der Waals surface area contributed by atoms with Crippen LogP contribution in [0.3, 0.4) is 0 Å². The van der Waals surface area contributed by atoms with E-state index in [2.05, 4.69) is 25.3 Å². The third-order valence-electron chi connectivity index (χ3n) is 4.57. The maximum absolute atomic E-state index is 13.3. The molecule has 0 aliphatic rings. The first-order valence-corrected chi connectivity index (χ1v) is 9.32. The lowest BCUT2D eigenvalue weighted by Crippen LogP contribution is -2.38. The molecule has 2 aromatic carbocycles. The summed E-state index contributed by atoms with van der Waals surface area (Å²) >= 11 is 0. The van der Waals surface area contributed by atoms with Gasteiger partial charge in [-0.25, -0.2) is 4.39 Å². The van der Waals surface area contributed by atoms with Gasteiger partial charge in [-0.1, -0.05) is 0 Å². The fourth-order valence-corrected chi connectivity index (χ4v) is 3.11. The van der Waals surface area contributed by atoms with Crippen LogP contribution >= 0.6 is 24.0 Å². The Hall–Kier alpha value is -2.63. The number of nitrogens with zero attached hydrogens (tertiary/aromatic N) is 1. The molecule has 0 amide bonds. The topological polar surface area (TPSA) is 70.7 Å². The summed E-state index contributed by atoms with van der Waals surface area (Å²) in [5.74, 6) is 0.824. The normalized spacial score (nSPS) is 11.4. The number of methoxy groups -OCH3 is 1. The predicted octanol–water partition coefficient (Wildman–Crippen LogP) is 4.44. The van der Waals surface area contributed by atoms with Crippen molar-refractivity contribution in [2.24, 2.45) is 4.99 Å². The highest BCUT2D eigenvalue weighted by Gasteiger charge is 2.12. The van der Waals surface area contributed by atoms with Crippen LogP contribution in [-0.4, -0.2) is 38.3 Å². The van der Waals surface area contributed by atoms with Crippen LogP contribution < -0.4 is 20.1 Å². The molecule has 3 aromatic rings. The van der Waals surface area contributed by atoms with Crippen LogP contribution in [0.4, 0.5) is 13.2 Å². The fraction of sp³-hybridized carbons (Fsp3) is 0.286. The Morgan fingerprint density at radius 1 is 1.13 bits per heavy atom. The number of hydrogen-bond donors (Lipinski definition) is 3. The maximum atomic E-state index is 13.3. The van der Waals surface area contributed by atoms with Crippen LogP contribution in [-0.2, 0) is 13.0 Å². The molecular weight excluding hydrogens is 524 g/mol. The molecule has 0 aliphatic carbocycles. The van der Waals surface area contributed by atoms with Gasteiger partial charge in [0.1, 0.15) is 17.3 Å². The average Bonchev–Trinajstić information content (AvgIpc) is 3.12. The number of nitrogens with one attached hydrogen (secondary N) is 3. The molecule has 0 radical (unpaired) electrons. The highest BCUT2D eigenvalue weighted by Crippen LogP contribution is 2.25. The Morgan fingerprint density at radius 2 is 1.94 bits per heavy atom. The molecule has 0 fully saturated rings. The summed E-state index contributed by atoms with van der Waals surface area (Å²) in [6.45, 7) is -2.13. The van der Waals surface area contributed by atoms with Crippen LogP contribution in [0.15, 0.2) is 47.6 Å². The minimum absolute atomic E-state index is 0. The Morgan fingerprint density at radius 3 is 2.65 bits per heavy atom. The lowest BCUT2D eigenvalue weighted by molar-refractivity contribution is -0.0504. The van der Waals surface area contributed by atoms with Crippen LogP contribution in [0.5, 0.6) is 11.5 Å². The van der Waals surface area contributed by atoms with Crippen LogP contribution in [0, 0.1) is 5.82 Å². The minimum Gasteiger partial charge on any atom is -0.497 e. The molecule has 1 aromatic heterocycles. The van der Waals surface area contributed by atoms with E-state index in [0.29, 0.717) is 30.2 Å². The predicted molar refractivity (Wildman–Crippen MR) is 125 cm³/mol. The largest absolute Gasteiger partial charge is 0.497 e. The number of alkyl halides is 2. The number of aliphatic imine (C=N–C) groups is 1. The molecular formula is C21H24F3IN4O2. The summed E-state index contributed by atoms with van der Waals surface area (Å²) in [5, 5.41) is 7.21. The van der Waals surface area contributed by atoms with E-state index < -0.39 is 6.61 Å². The third-order valence-corrected chi connectivity index (χ3v) is 4.57. The van der Waals surface area contributed by atoms with E-state index >= 15 is 0 Å². The highest BCUT2D eigenvalue weighted by molar-refractivity contribution is 14.0. The number of guanidine groups is 1. The molecule has 10 heteroatoms. The molecule has 3 N–H and O–H groups in total. The molecule has 0 saturated heterocycles. The zero-order valence-corrected chi connectivity index (χ0v) is 19.4. The van der Waals surface area contributed by atoms with E-state index in [-0.39, 0.29) is 42.1 Å². The Bertz CT molecular complexity index is 1030. The lowest BCUT2D eigenvalue weighted by atomic mass is 10.1. The number of H-pyrrole nitrogens is 1. The van der Waals surface area contributed by atoms with Gasteiger partial charge in [-0.3, -0.25) is 4.99 Å². The number of benzene rings is 2. The Kier molecular flexibility index (Phi) is 9.28. The summed E-state index contributed by atoms with van der Waals surface area (Å²) < 4.78 is 48.3. The van der Waals surface area contributed by atoms with E-state index in [4.69, 9.17) is 4.74 Å². The van der Waals surface area contributed by atoms with Crippen molar-refractivity contribution in [2.45, 2.75) is 19.6 Å². The smallest absolute Gasteiger partial charge is 0.387 e. The molecule has 0 aliphatic heterocycles. The van der Waals surface area contributed by atoms with Crippen molar-refractivity contribution in [1.29, 1.82) is 0 Å². The monoisotopic (exact) mass is 548 g/mol. The van der Waals surface area contributed by atoms with Crippen molar-refractivity contribution in [2.75, 3.05) is 20.7 Å². The number of fused-ring (bicyclic) bond motifs is 1. The van der Waals surface area contributed by atoms with Gasteiger partial charge < -0.3 is 25.1 Å². The van der Waals surface area contributed by atoms with E-state index in [1.807, 2.05) is 6.20 Å². The van der Waals surface area contributed by atoms with Gasteiger partial charge in [0.05, 0.1) is 7.11 Å². The molecule has 0 saturated carbocycles. The van der Waals surface area contributed by atoms with Gasteiger partial charge in [0.25, 0.3) is 0 Å². The van der Waals surface area contributed by atoms with E-state index in [1.54, 1.807) is 25.2 Å². The second-order valence-corrected chi connectivity index (χ2v) is 6.46. The van der Waals surface area contributed by atoms with Crippen LogP contribution in [0.2, 0.25) is 0 Å². The molecule has 1 heterocycles. The highest BCUT2D eigenvalue weighted by atomic mass is 127. The van der Waals surface area contributed by atoms with Gasteiger partial charge >= 0.3 is 6.61 Å². The zero-order chi connectivity index (χ0) is 21.5.